The Bertz CT molecular complexity index is 1220. The molecule has 6 nitrogen and oxygen atoms in total. The van der Waals surface area contributed by atoms with Crippen molar-refractivity contribution >= 4 is 11.6 Å². The largest absolute Gasteiger partial charge is 0.368 e. The number of halogens is 1. The fourth-order valence-corrected chi connectivity index (χ4v) is 3.88. The number of carbonyl (C=O) groups excluding carboxylic acids is 1. The molecule has 5 rings (SSSR count). The Morgan fingerprint density at radius 3 is 2.28 bits per heavy atom. The SMILES string of the molecule is O=C(c1ccccc1-c1nc(-c2ccccc2)no1)N1CCN(c2ccc(F)cc2)CC1. The molecule has 1 aromatic heterocycles. The number of amides is 1. The van der Waals surface area contributed by atoms with Crippen LogP contribution in [0.3, 0.4) is 0 Å². The van der Waals surface area contributed by atoms with Gasteiger partial charge < -0.3 is 14.3 Å². The number of hydrogen-bond acceptors (Lipinski definition) is 5. The second-order valence-corrected chi connectivity index (χ2v) is 7.59. The van der Waals surface area contributed by atoms with Crippen molar-refractivity contribution in [1.82, 2.24) is 15.0 Å². The van der Waals surface area contributed by atoms with E-state index in [1.807, 2.05) is 53.4 Å². The van der Waals surface area contributed by atoms with Gasteiger partial charge in [0.05, 0.1) is 11.1 Å². The number of carbonyl (C=O) groups is 1. The average molecular weight is 428 g/mol. The van der Waals surface area contributed by atoms with Gasteiger partial charge in [0.15, 0.2) is 0 Å². The third kappa shape index (κ3) is 3.97. The van der Waals surface area contributed by atoms with E-state index in [0.29, 0.717) is 49.0 Å². The van der Waals surface area contributed by atoms with Crippen LogP contribution in [-0.4, -0.2) is 47.1 Å². The summed E-state index contributed by atoms with van der Waals surface area (Å²) >= 11 is 0. The van der Waals surface area contributed by atoms with Gasteiger partial charge in [-0.1, -0.05) is 47.6 Å². The highest BCUT2D eigenvalue weighted by molar-refractivity contribution is 6.00. The number of nitrogens with zero attached hydrogens (tertiary/aromatic N) is 4. The molecule has 3 aromatic carbocycles. The van der Waals surface area contributed by atoms with E-state index in [2.05, 4.69) is 15.0 Å². The number of piperazine rings is 1. The number of anilines is 1. The summed E-state index contributed by atoms with van der Waals surface area (Å²) in [5, 5.41) is 4.08. The maximum atomic E-state index is 13.3. The molecule has 1 aliphatic heterocycles. The molecule has 0 saturated carbocycles. The third-order valence-electron chi connectivity index (χ3n) is 5.60. The Balaban J connectivity index is 1.34. The minimum atomic E-state index is -0.254. The standard InChI is InChI=1S/C25H21FN4O2/c26-19-10-12-20(13-11-19)29-14-16-30(17-15-29)25(31)22-9-5-4-8-21(22)24-27-23(28-32-24)18-6-2-1-3-7-18/h1-13H,14-17H2. The molecule has 0 bridgehead atoms. The molecule has 1 fully saturated rings. The molecule has 32 heavy (non-hydrogen) atoms. The molecule has 0 N–H and O–H groups in total. The molecule has 1 saturated heterocycles. The molecule has 1 amide bonds. The first-order valence-electron chi connectivity index (χ1n) is 10.5. The minimum Gasteiger partial charge on any atom is -0.368 e. The monoisotopic (exact) mass is 428 g/mol. The van der Waals surface area contributed by atoms with Crippen molar-refractivity contribution in [2.24, 2.45) is 0 Å². The van der Waals surface area contributed by atoms with E-state index in [1.54, 1.807) is 18.2 Å². The summed E-state index contributed by atoms with van der Waals surface area (Å²) < 4.78 is 18.7. The summed E-state index contributed by atoms with van der Waals surface area (Å²) in [6.45, 7) is 2.50. The Morgan fingerprint density at radius 1 is 0.844 bits per heavy atom. The lowest BCUT2D eigenvalue weighted by atomic mass is 10.1. The molecule has 0 radical (unpaired) electrons. The normalized spacial score (nSPS) is 13.9. The first-order chi connectivity index (χ1) is 15.7. The van der Waals surface area contributed by atoms with E-state index in [4.69, 9.17) is 4.52 Å². The summed E-state index contributed by atoms with van der Waals surface area (Å²) in [6, 6.07) is 23.3. The molecule has 0 unspecified atom stereocenters. The summed E-state index contributed by atoms with van der Waals surface area (Å²) in [4.78, 5) is 21.8. The Kier molecular flexibility index (Phi) is 5.37. The number of benzene rings is 3. The van der Waals surface area contributed by atoms with Crippen molar-refractivity contribution < 1.29 is 13.7 Å². The third-order valence-corrected chi connectivity index (χ3v) is 5.60. The van der Waals surface area contributed by atoms with Crippen molar-refractivity contribution in [2.75, 3.05) is 31.1 Å². The smallest absolute Gasteiger partial charge is 0.259 e. The molecule has 2 heterocycles. The number of aromatic nitrogens is 2. The molecule has 160 valence electrons. The minimum absolute atomic E-state index is 0.0705. The van der Waals surface area contributed by atoms with Crippen LogP contribution in [0.25, 0.3) is 22.8 Å². The molecule has 0 atom stereocenters. The first kappa shape index (κ1) is 19.9. The van der Waals surface area contributed by atoms with Crippen LogP contribution in [0.15, 0.2) is 83.4 Å². The number of rotatable bonds is 4. The quantitative estimate of drug-likeness (QED) is 0.479. The molecule has 7 heteroatoms. The van der Waals surface area contributed by atoms with Gasteiger partial charge in [0.1, 0.15) is 5.82 Å². The summed E-state index contributed by atoms with van der Waals surface area (Å²) in [5.74, 6) is 0.475. The second-order valence-electron chi connectivity index (χ2n) is 7.59. The highest BCUT2D eigenvalue weighted by Crippen LogP contribution is 2.27. The Labute approximate surface area is 184 Å². The van der Waals surface area contributed by atoms with E-state index in [1.165, 1.54) is 12.1 Å². The lowest BCUT2D eigenvalue weighted by Gasteiger charge is -2.36. The van der Waals surface area contributed by atoms with Crippen LogP contribution in [0.4, 0.5) is 10.1 Å². The van der Waals surface area contributed by atoms with Crippen molar-refractivity contribution in [2.45, 2.75) is 0 Å². The molecular weight excluding hydrogens is 407 g/mol. The maximum Gasteiger partial charge on any atom is 0.259 e. The lowest BCUT2D eigenvalue weighted by Crippen LogP contribution is -2.48. The summed E-state index contributed by atoms with van der Waals surface area (Å²) in [7, 11) is 0. The zero-order valence-corrected chi connectivity index (χ0v) is 17.3. The van der Waals surface area contributed by atoms with Gasteiger partial charge in [-0.15, -0.1) is 0 Å². The molecule has 1 aliphatic rings. The van der Waals surface area contributed by atoms with Gasteiger partial charge in [-0.25, -0.2) is 4.39 Å². The second kappa shape index (κ2) is 8.63. The fraction of sp³-hybridized carbons (Fsp3) is 0.160. The lowest BCUT2D eigenvalue weighted by molar-refractivity contribution is 0.0747. The predicted molar refractivity (Wildman–Crippen MR) is 120 cm³/mol. The van der Waals surface area contributed by atoms with Crippen LogP contribution in [-0.2, 0) is 0 Å². The number of hydrogen-bond donors (Lipinski definition) is 0. The van der Waals surface area contributed by atoms with Crippen LogP contribution in [0.5, 0.6) is 0 Å². The van der Waals surface area contributed by atoms with Gasteiger partial charge in [0.2, 0.25) is 5.82 Å². The predicted octanol–water partition coefficient (Wildman–Crippen LogP) is 4.51. The molecular formula is C25H21FN4O2. The molecule has 0 spiro atoms. The van der Waals surface area contributed by atoms with Gasteiger partial charge in [-0.2, -0.15) is 4.98 Å². The van der Waals surface area contributed by atoms with Gasteiger partial charge in [0.25, 0.3) is 11.8 Å². The van der Waals surface area contributed by atoms with E-state index < -0.39 is 0 Å². The van der Waals surface area contributed by atoms with Crippen molar-refractivity contribution in [3.05, 3.63) is 90.2 Å². The fourth-order valence-electron chi connectivity index (χ4n) is 3.88. The van der Waals surface area contributed by atoms with E-state index in [-0.39, 0.29) is 11.7 Å². The van der Waals surface area contributed by atoms with Crippen molar-refractivity contribution in [1.29, 1.82) is 0 Å². The highest BCUT2D eigenvalue weighted by Gasteiger charge is 2.25. The molecule has 4 aromatic rings. The topological polar surface area (TPSA) is 62.5 Å². The van der Waals surface area contributed by atoms with E-state index >= 15 is 0 Å². The van der Waals surface area contributed by atoms with Gasteiger partial charge in [0, 0.05) is 37.4 Å². The van der Waals surface area contributed by atoms with Gasteiger partial charge in [-0.05, 0) is 36.4 Å². The van der Waals surface area contributed by atoms with Crippen molar-refractivity contribution in [3.8, 4) is 22.8 Å². The van der Waals surface area contributed by atoms with Gasteiger partial charge >= 0.3 is 0 Å². The summed E-state index contributed by atoms with van der Waals surface area (Å²) in [6.07, 6.45) is 0. The Morgan fingerprint density at radius 2 is 1.53 bits per heavy atom. The Hall–Kier alpha value is -4.00. The first-order valence-corrected chi connectivity index (χ1v) is 10.5. The molecule has 0 aliphatic carbocycles. The van der Waals surface area contributed by atoms with Crippen LogP contribution in [0.1, 0.15) is 10.4 Å². The van der Waals surface area contributed by atoms with Gasteiger partial charge in [-0.3, -0.25) is 4.79 Å². The van der Waals surface area contributed by atoms with Crippen molar-refractivity contribution in [3.63, 3.8) is 0 Å². The van der Waals surface area contributed by atoms with Crippen LogP contribution < -0.4 is 4.90 Å². The zero-order chi connectivity index (χ0) is 21.9. The maximum absolute atomic E-state index is 13.3. The zero-order valence-electron chi connectivity index (χ0n) is 17.3. The van der Waals surface area contributed by atoms with E-state index in [0.717, 1.165) is 11.3 Å². The summed E-state index contributed by atoms with van der Waals surface area (Å²) in [5.41, 5.74) is 2.96. The van der Waals surface area contributed by atoms with Crippen LogP contribution >= 0.6 is 0 Å². The van der Waals surface area contributed by atoms with Crippen LogP contribution in [0, 0.1) is 5.82 Å². The van der Waals surface area contributed by atoms with Crippen LogP contribution in [0.2, 0.25) is 0 Å². The van der Waals surface area contributed by atoms with E-state index in [9.17, 15) is 9.18 Å². The highest BCUT2D eigenvalue weighted by atomic mass is 19.1. The average Bonchev–Trinajstić information content (AvgIpc) is 3.35.